The van der Waals surface area contributed by atoms with Crippen LogP contribution >= 0.6 is 0 Å². The Labute approximate surface area is 118 Å². The van der Waals surface area contributed by atoms with E-state index in [0.29, 0.717) is 17.9 Å². The monoisotopic (exact) mass is 269 g/mol. The molecule has 0 radical (unpaired) electrons. The van der Waals surface area contributed by atoms with Gasteiger partial charge in [0.2, 0.25) is 5.91 Å². The molecule has 4 heteroatoms. The van der Waals surface area contributed by atoms with Crippen LogP contribution in [0.3, 0.4) is 0 Å². The van der Waals surface area contributed by atoms with Gasteiger partial charge >= 0.3 is 0 Å². The van der Waals surface area contributed by atoms with E-state index in [2.05, 4.69) is 56.9 Å². The van der Waals surface area contributed by atoms with Gasteiger partial charge in [-0.15, -0.1) is 0 Å². The molecule has 19 heavy (non-hydrogen) atoms. The van der Waals surface area contributed by atoms with Crippen molar-refractivity contribution in [2.45, 2.75) is 65.2 Å². The molecular weight excluding hydrogens is 238 g/mol. The normalized spacial score (nSPS) is 27.1. The highest BCUT2D eigenvalue weighted by molar-refractivity contribution is 5.85. The first-order valence-corrected chi connectivity index (χ1v) is 7.65. The summed E-state index contributed by atoms with van der Waals surface area (Å²) in [4.78, 5) is 16.9. The van der Waals surface area contributed by atoms with Gasteiger partial charge in [0.05, 0.1) is 12.2 Å². The summed E-state index contributed by atoms with van der Waals surface area (Å²) in [5.74, 6) is 0.708. The van der Waals surface area contributed by atoms with Crippen molar-refractivity contribution in [2.75, 3.05) is 20.6 Å². The number of amides is 1. The van der Waals surface area contributed by atoms with Crippen LogP contribution in [0.1, 0.15) is 47.0 Å². The fourth-order valence-corrected chi connectivity index (χ4v) is 2.74. The largest absolute Gasteiger partial charge is 0.323 e. The minimum Gasteiger partial charge on any atom is -0.323 e. The number of nitrogens with one attached hydrogen (secondary N) is 1. The van der Waals surface area contributed by atoms with Crippen LogP contribution in [0, 0.1) is 5.92 Å². The Morgan fingerprint density at radius 2 is 1.95 bits per heavy atom. The quantitative estimate of drug-likeness (QED) is 0.767. The van der Waals surface area contributed by atoms with Crippen LogP contribution in [-0.2, 0) is 4.79 Å². The second-order valence-corrected chi connectivity index (χ2v) is 6.14. The molecule has 1 N–H and O–H groups in total. The van der Waals surface area contributed by atoms with Crippen LogP contribution < -0.4 is 5.32 Å². The van der Waals surface area contributed by atoms with E-state index in [0.717, 1.165) is 25.8 Å². The highest BCUT2D eigenvalue weighted by Crippen LogP contribution is 2.24. The summed E-state index contributed by atoms with van der Waals surface area (Å²) in [6.07, 6.45) is 3.26. The lowest BCUT2D eigenvalue weighted by Gasteiger charge is -2.30. The van der Waals surface area contributed by atoms with Crippen molar-refractivity contribution in [1.82, 2.24) is 15.1 Å². The predicted octanol–water partition coefficient (Wildman–Crippen LogP) is 1.91. The Kier molecular flexibility index (Phi) is 6.27. The number of hydrogen-bond acceptors (Lipinski definition) is 3. The number of carbonyl (C=O) groups excluding carboxylic acids is 1. The van der Waals surface area contributed by atoms with Gasteiger partial charge in [-0.2, -0.15) is 0 Å². The molecule has 1 heterocycles. The van der Waals surface area contributed by atoms with E-state index in [1.54, 1.807) is 0 Å². The van der Waals surface area contributed by atoms with E-state index >= 15 is 0 Å². The van der Waals surface area contributed by atoms with Crippen molar-refractivity contribution < 1.29 is 4.79 Å². The summed E-state index contributed by atoms with van der Waals surface area (Å²) in [7, 11) is 4.16. The Morgan fingerprint density at radius 1 is 1.32 bits per heavy atom. The summed E-state index contributed by atoms with van der Waals surface area (Å²) in [6.45, 7) is 9.66. The van der Waals surface area contributed by atoms with Crippen LogP contribution in [0.5, 0.6) is 0 Å². The molecule has 0 aliphatic carbocycles. The van der Waals surface area contributed by atoms with Gasteiger partial charge in [0.15, 0.2) is 0 Å². The maximum Gasteiger partial charge on any atom is 0.241 e. The Bertz CT molecular complexity index is 293. The van der Waals surface area contributed by atoms with Crippen molar-refractivity contribution >= 4 is 5.91 Å². The molecule has 4 atom stereocenters. The molecule has 1 aliphatic heterocycles. The zero-order chi connectivity index (χ0) is 14.6. The van der Waals surface area contributed by atoms with Crippen molar-refractivity contribution in [1.29, 1.82) is 0 Å². The molecule has 0 aromatic rings. The molecule has 1 saturated heterocycles. The van der Waals surface area contributed by atoms with E-state index < -0.39 is 0 Å². The van der Waals surface area contributed by atoms with Crippen LogP contribution in [0.15, 0.2) is 0 Å². The predicted molar refractivity (Wildman–Crippen MR) is 79.9 cm³/mol. The van der Waals surface area contributed by atoms with E-state index in [1.165, 1.54) is 0 Å². The first kappa shape index (κ1) is 16.4. The third kappa shape index (κ3) is 3.93. The molecule has 0 aromatic heterocycles. The minimum atomic E-state index is 0.0109. The minimum absolute atomic E-state index is 0.0109. The van der Waals surface area contributed by atoms with Crippen molar-refractivity contribution in [3.8, 4) is 0 Å². The van der Waals surface area contributed by atoms with Gasteiger partial charge in [-0.3, -0.25) is 10.1 Å². The van der Waals surface area contributed by atoms with Crippen LogP contribution in [0.25, 0.3) is 0 Å². The van der Waals surface area contributed by atoms with Gasteiger partial charge in [-0.1, -0.05) is 27.2 Å². The summed E-state index contributed by atoms with van der Waals surface area (Å²) < 4.78 is 0. The molecule has 0 bridgehead atoms. The molecule has 4 unspecified atom stereocenters. The molecule has 1 fully saturated rings. The molecular formula is C15H31N3O. The van der Waals surface area contributed by atoms with Gasteiger partial charge in [-0.05, 0) is 46.3 Å². The molecule has 1 amide bonds. The number of rotatable bonds is 7. The molecule has 112 valence electrons. The van der Waals surface area contributed by atoms with Crippen LogP contribution in [0.2, 0.25) is 0 Å². The number of hydrogen-bond donors (Lipinski definition) is 1. The highest BCUT2D eigenvalue weighted by Gasteiger charge is 2.41. The summed E-state index contributed by atoms with van der Waals surface area (Å²) in [6, 6.07) is 0.318. The van der Waals surface area contributed by atoms with Gasteiger partial charge in [0.25, 0.3) is 0 Å². The molecule has 1 rings (SSSR count). The van der Waals surface area contributed by atoms with Crippen molar-refractivity contribution in [3.63, 3.8) is 0 Å². The zero-order valence-electron chi connectivity index (χ0n) is 13.4. The van der Waals surface area contributed by atoms with E-state index in [-0.39, 0.29) is 12.2 Å². The molecule has 4 nitrogen and oxygen atoms in total. The summed E-state index contributed by atoms with van der Waals surface area (Å²) >= 11 is 0. The van der Waals surface area contributed by atoms with Crippen molar-refractivity contribution in [2.24, 2.45) is 5.92 Å². The summed E-state index contributed by atoms with van der Waals surface area (Å²) in [5, 5.41) is 3.52. The second kappa shape index (κ2) is 7.25. The Balaban J connectivity index is 2.71. The second-order valence-electron chi connectivity index (χ2n) is 6.14. The van der Waals surface area contributed by atoms with Crippen LogP contribution in [-0.4, -0.2) is 54.6 Å². The van der Waals surface area contributed by atoms with E-state index in [4.69, 9.17) is 0 Å². The smallest absolute Gasteiger partial charge is 0.241 e. The maximum atomic E-state index is 12.6. The fourth-order valence-electron chi connectivity index (χ4n) is 2.74. The molecule has 1 aliphatic rings. The van der Waals surface area contributed by atoms with Gasteiger partial charge in [0.1, 0.15) is 0 Å². The lowest BCUT2D eigenvalue weighted by Crippen LogP contribution is -2.44. The third-order valence-electron chi connectivity index (χ3n) is 4.30. The van der Waals surface area contributed by atoms with Gasteiger partial charge in [-0.25, -0.2) is 0 Å². The van der Waals surface area contributed by atoms with Gasteiger partial charge < -0.3 is 9.80 Å². The third-order valence-corrected chi connectivity index (χ3v) is 4.30. The molecule has 0 aromatic carbocycles. The summed E-state index contributed by atoms with van der Waals surface area (Å²) in [5.41, 5.74) is 0. The Morgan fingerprint density at radius 3 is 2.42 bits per heavy atom. The fraction of sp³-hybridized carbons (Fsp3) is 0.933. The Hall–Kier alpha value is -0.610. The van der Waals surface area contributed by atoms with Gasteiger partial charge in [0, 0.05) is 6.04 Å². The first-order chi connectivity index (χ1) is 8.92. The lowest BCUT2D eigenvalue weighted by atomic mass is 9.99. The first-order valence-electron chi connectivity index (χ1n) is 7.65. The number of carbonyl (C=O) groups is 1. The SMILES string of the molecule is CCC(C)C1NC(CC)N(C(C)CCN(C)C)C1=O. The maximum absolute atomic E-state index is 12.6. The lowest BCUT2D eigenvalue weighted by molar-refractivity contribution is -0.133. The van der Waals surface area contributed by atoms with E-state index in [9.17, 15) is 4.79 Å². The van der Waals surface area contributed by atoms with Crippen molar-refractivity contribution in [3.05, 3.63) is 0 Å². The number of nitrogens with zero attached hydrogens (tertiary/aromatic N) is 2. The molecule has 0 saturated carbocycles. The zero-order valence-corrected chi connectivity index (χ0v) is 13.4. The topological polar surface area (TPSA) is 35.6 Å². The highest BCUT2D eigenvalue weighted by atomic mass is 16.2. The molecule has 0 spiro atoms. The van der Waals surface area contributed by atoms with E-state index in [1.807, 2.05) is 0 Å². The van der Waals surface area contributed by atoms with Crippen LogP contribution in [0.4, 0.5) is 0 Å². The average Bonchev–Trinajstić information content (AvgIpc) is 2.72. The average molecular weight is 269 g/mol. The standard InChI is InChI=1S/C15H31N3O/c1-7-11(3)14-15(19)18(13(8-2)16-14)12(4)9-10-17(5)6/h11-14,16H,7-10H2,1-6H3.